The Balaban J connectivity index is 1.41. The summed E-state index contributed by atoms with van der Waals surface area (Å²) in [5, 5.41) is 0.643. The first-order valence-electron chi connectivity index (χ1n) is 13.7. The number of hydrogen-bond acceptors (Lipinski definition) is 6. The van der Waals surface area contributed by atoms with Gasteiger partial charge in [-0.15, -0.1) is 0 Å². The lowest BCUT2D eigenvalue weighted by Gasteiger charge is -2.36. The molecule has 0 aliphatic carbocycles. The van der Waals surface area contributed by atoms with Crippen molar-refractivity contribution in [3.63, 3.8) is 0 Å². The molecule has 11 heteroatoms. The van der Waals surface area contributed by atoms with Gasteiger partial charge in [-0.1, -0.05) is 6.07 Å². The number of likely N-dealkylation sites (tertiary alicyclic amines) is 1. The summed E-state index contributed by atoms with van der Waals surface area (Å²) in [6, 6.07) is 9.10. The van der Waals surface area contributed by atoms with Gasteiger partial charge in [-0.25, -0.2) is 22.4 Å². The van der Waals surface area contributed by atoms with Gasteiger partial charge in [0.25, 0.3) is 0 Å². The van der Waals surface area contributed by atoms with E-state index < -0.39 is 39.2 Å². The zero-order valence-corrected chi connectivity index (χ0v) is 25.0. The average molecular weight is 586 g/mol. The molecule has 1 saturated heterocycles. The Bertz CT molecular complexity index is 1630. The number of carbonyl (C=O) groups excluding carboxylic acids is 2. The van der Waals surface area contributed by atoms with E-state index >= 15 is 0 Å². The van der Waals surface area contributed by atoms with E-state index in [1.807, 2.05) is 26.8 Å². The number of halogens is 1. The Morgan fingerprint density at radius 2 is 1.54 bits per heavy atom. The predicted molar refractivity (Wildman–Crippen MR) is 153 cm³/mol. The molecule has 0 spiro atoms. The van der Waals surface area contributed by atoms with Gasteiger partial charge in [0.2, 0.25) is 10.0 Å². The molecule has 2 aliphatic heterocycles. The Morgan fingerprint density at radius 1 is 0.902 bits per heavy atom. The molecule has 0 saturated carbocycles. The lowest BCUT2D eigenvalue weighted by molar-refractivity contribution is 0.0177. The fourth-order valence-corrected chi connectivity index (χ4v) is 7.24. The molecule has 41 heavy (non-hydrogen) atoms. The Kier molecular flexibility index (Phi) is 7.18. The van der Waals surface area contributed by atoms with Crippen LogP contribution < -0.4 is 0 Å². The number of carbonyl (C=O) groups is 2. The molecule has 2 aromatic carbocycles. The van der Waals surface area contributed by atoms with Crippen LogP contribution in [0.25, 0.3) is 22.0 Å². The summed E-state index contributed by atoms with van der Waals surface area (Å²) >= 11 is 0. The molecule has 1 amide bonds. The molecule has 3 aromatic rings. The van der Waals surface area contributed by atoms with Crippen LogP contribution in [0.3, 0.4) is 0 Å². The summed E-state index contributed by atoms with van der Waals surface area (Å²) in [4.78, 5) is 27.3. The van der Waals surface area contributed by atoms with Crippen molar-refractivity contribution in [1.29, 1.82) is 0 Å². The molecule has 1 aromatic heterocycles. The molecular formula is C30H36FN3O6S. The van der Waals surface area contributed by atoms with Crippen LogP contribution in [0.5, 0.6) is 0 Å². The second kappa shape index (κ2) is 10.1. The third kappa shape index (κ3) is 5.83. The minimum atomic E-state index is -3.72. The summed E-state index contributed by atoms with van der Waals surface area (Å²) in [5.74, 6) is -0.486. The lowest BCUT2D eigenvalue weighted by atomic mass is 10.0. The van der Waals surface area contributed by atoms with Crippen molar-refractivity contribution in [3.05, 3.63) is 54.0 Å². The van der Waals surface area contributed by atoms with Gasteiger partial charge in [0, 0.05) is 42.8 Å². The first kappa shape index (κ1) is 29.1. The fraction of sp³-hybridized carbons (Fsp3) is 0.467. The largest absolute Gasteiger partial charge is 0.444 e. The van der Waals surface area contributed by atoms with Crippen LogP contribution in [0.2, 0.25) is 0 Å². The average Bonchev–Trinajstić information content (AvgIpc) is 3.36. The number of aromatic nitrogens is 1. The van der Waals surface area contributed by atoms with Crippen molar-refractivity contribution in [2.24, 2.45) is 0 Å². The molecule has 0 radical (unpaired) electrons. The van der Waals surface area contributed by atoms with Crippen molar-refractivity contribution in [2.45, 2.75) is 83.1 Å². The van der Waals surface area contributed by atoms with E-state index in [2.05, 4.69) is 0 Å². The van der Waals surface area contributed by atoms with E-state index in [0.717, 1.165) is 0 Å². The zero-order valence-electron chi connectivity index (χ0n) is 24.2. The maximum Gasteiger partial charge on any atom is 0.419 e. The fourth-order valence-electron chi connectivity index (χ4n) is 5.38. The van der Waals surface area contributed by atoms with Crippen LogP contribution >= 0.6 is 0 Å². The van der Waals surface area contributed by atoms with Crippen LogP contribution in [-0.2, 0) is 26.0 Å². The number of ether oxygens (including phenoxy) is 2. The van der Waals surface area contributed by atoms with Gasteiger partial charge < -0.3 is 14.4 Å². The summed E-state index contributed by atoms with van der Waals surface area (Å²) in [6.45, 7) is 11.7. The Morgan fingerprint density at radius 3 is 2.17 bits per heavy atom. The van der Waals surface area contributed by atoms with Crippen LogP contribution in [0.15, 0.2) is 47.5 Å². The van der Waals surface area contributed by atoms with Crippen molar-refractivity contribution in [2.75, 3.05) is 13.1 Å². The lowest BCUT2D eigenvalue weighted by Crippen LogP contribution is -2.48. The molecule has 3 heterocycles. The predicted octanol–water partition coefficient (Wildman–Crippen LogP) is 6.13. The number of sulfonamides is 1. The molecule has 220 valence electrons. The van der Waals surface area contributed by atoms with E-state index in [1.54, 1.807) is 50.1 Å². The molecule has 0 atom stereocenters. The molecule has 0 unspecified atom stereocenters. The van der Waals surface area contributed by atoms with Crippen LogP contribution in [-0.4, -0.2) is 64.7 Å². The van der Waals surface area contributed by atoms with Gasteiger partial charge >= 0.3 is 12.2 Å². The molecule has 1 fully saturated rings. The normalized spacial score (nSPS) is 18.0. The van der Waals surface area contributed by atoms with E-state index in [4.69, 9.17) is 9.47 Å². The van der Waals surface area contributed by atoms with Gasteiger partial charge in [-0.2, -0.15) is 4.31 Å². The van der Waals surface area contributed by atoms with Crippen LogP contribution in [0, 0.1) is 5.82 Å². The topological polar surface area (TPSA) is 98.2 Å². The van der Waals surface area contributed by atoms with E-state index in [-0.39, 0.29) is 17.5 Å². The summed E-state index contributed by atoms with van der Waals surface area (Å²) in [6.07, 6.45) is 1.60. The molecule has 5 rings (SSSR count). The van der Waals surface area contributed by atoms with Crippen LogP contribution in [0.1, 0.15) is 59.9 Å². The van der Waals surface area contributed by atoms with Gasteiger partial charge in [0.05, 0.1) is 10.4 Å². The minimum Gasteiger partial charge on any atom is -0.444 e. The number of amides is 1. The zero-order chi connectivity index (χ0) is 29.9. The molecular weight excluding hydrogens is 549 g/mol. The SMILES string of the molecule is CC(C)(C)OC(=O)N1CCC(N2Cc3cc(-c4cn(C(=O)OC(C)(C)C)c5cc(F)ccc45)ccc3S2(=O)=O)CC1. The second-order valence-corrected chi connectivity index (χ2v) is 14.5. The van der Waals surface area contributed by atoms with Crippen molar-refractivity contribution in [1.82, 2.24) is 13.8 Å². The third-order valence-electron chi connectivity index (χ3n) is 7.17. The smallest absolute Gasteiger partial charge is 0.419 e. The Labute approximate surface area is 239 Å². The maximum atomic E-state index is 14.2. The second-order valence-electron chi connectivity index (χ2n) is 12.6. The molecule has 2 aliphatic rings. The standard InChI is InChI=1S/C30H36FN3O6S/c1-29(2,3)39-27(35)32-13-11-22(12-14-32)34-17-20-15-19(7-10-26(20)41(34,37)38)24-18-33(28(36)40-30(4,5)6)25-16-21(31)8-9-23(24)25/h7-10,15-16,18,22H,11-14,17H2,1-6H3. The quantitative estimate of drug-likeness (QED) is 0.359. The highest BCUT2D eigenvalue weighted by Crippen LogP contribution is 2.39. The molecule has 0 bridgehead atoms. The van der Waals surface area contributed by atoms with Crippen molar-refractivity contribution < 1.29 is 31.9 Å². The first-order chi connectivity index (χ1) is 19.0. The number of fused-ring (bicyclic) bond motifs is 2. The number of hydrogen-bond donors (Lipinski definition) is 0. The van der Waals surface area contributed by atoms with E-state index in [0.29, 0.717) is 53.5 Å². The van der Waals surface area contributed by atoms with E-state index in [1.165, 1.54) is 21.0 Å². The number of nitrogens with zero attached hydrogens (tertiary/aromatic N) is 3. The third-order valence-corrected chi connectivity index (χ3v) is 9.16. The number of piperidine rings is 1. The van der Waals surface area contributed by atoms with Gasteiger partial charge in [-0.05, 0) is 95.8 Å². The number of benzene rings is 2. The van der Waals surface area contributed by atoms with E-state index in [9.17, 15) is 22.4 Å². The summed E-state index contributed by atoms with van der Waals surface area (Å²) in [7, 11) is -3.72. The summed E-state index contributed by atoms with van der Waals surface area (Å²) in [5.41, 5.74) is 1.04. The highest BCUT2D eigenvalue weighted by atomic mass is 32.2. The number of rotatable bonds is 2. The van der Waals surface area contributed by atoms with Crippen LogP contribution in [0.4, 0.5) is 14.0 Å². The highest BCUT2D eigenvalue weighted by Gasteiger charge is 2.41. The summed E-state index contributed by atoms with van der Waals surface area (Å²) < 4.78 is 55.0. The first-order valence-corrected chi connectivity index (χ1v) is 15.1. The molecule has 9 nitrogen and oxygen atoms in total. The van der Waals surface area contributed by atoms with Gasteiger partial charge in [0.1, 0.15) is 17.0 Å². The highest BCUT2D eigenvalue weighted by molar-refractivity contribution is 7.89. The van der Waals surface area contributed by atoms with Gasteiger partial charge in [-0.3, -0.25) is 4.57 Å². The van der Waals surface area contributed by atoms with Crippen molar-refractivity contribution >= 4 is 33.1 Å². The van der Waals surface area contributed by atoms with Crippen molar-refractivity contribution in [3.8, 4) is 11.1 Å². The molecule has 0 N–H and O–H groups in total. The monoisotopic (exact) mass is 585 g/mol. The minimum absolute atomic E-state index is 0.210. The Hall–Kier alpha value is -3.44. The maximum absolute atomic E-state index is 14.2. The van der Waals surface area contributed by atoms with Gasteiger partial charge in [0.15, 0.2) is 0 Å².